The van der Waals surface area contributed by atoms with E-state index in [4.69, 9.17) is 5.73 Å². The summed E-state index contributed by atoms with van der Waals surface area (Å²) in [6.07, 6.45) is 0. The average Bonchev–Trinajstić information content (AvgIpc) is 2.63. The summed E-state index contributed by atoms with van der Waals surface area (Å²) in [6.45, 7) is 10.5. The molecule has 0 atom stereocenters. The Morgan fingerprint density at radius 3 is 2.62 bits per heavy atom. The SMILES string of the molecule is CCN(Cc1csc(Br)c1)CC(C)(C)CN. The molecule has 0 aliphatic carbocycles. The van der Waals surface area contributed by atoms with E-state index in [0.29, 0.717) is 0 Å². The summed E-state index contributed by atoms with van der Waals surface area (Å²) in [5.41, 5.74) is 7.35. The first kappa shape index (κ1) is 14.2. The predicted molar refractivity (Wildman–Crippen MR) is 75.8 cm³/mol. The molecule has 4 heteroatoms. The van der Waals surface area contributed by atoms with E-state index >= 15 is 0 Å². The maximum Gasteiger partial charge on any atom is 0.0701 e. The summed E-state index contributed by atoms with van der Waals surface area (Å²) < 4.78 is 1.21. The molecule has 0 fully saturated rings. The lowest BCUT2D eigenvalue weighted by Crippen LogP contribution is -2.38. The Labute approximate surface area is 111 Å². The maximum atomic E-state index is 5.77. The molecule has 0 saturated heterocycles. The van der Waals surface area contributed by atoms with Crippen LogP contribution in [0.4, 0.5) is 0 Å². The standard InChI is InChI=1S/C12H21BrN2S/c1-4-15(9-12(2,3)8-14)6-10-5-11(13)16-7-10/h5,7H,4,6,8-9,14H2,1-3H3. The number of halogens is 1. The monoisotopic (exact) mass is 304 g/mol. The van der Waals surface area contributed by atoms with E-state index in [1.807, 2.05) is 0 Å². The third kappa shape index (κ3) is 4.53. The van der Waals surface area contributed by atoms with Crippen molar-refractivity contribution in [3.05, 3.63) is 20.8 Å². The second-order valence-corrected chi connectivity index (χ2v) is 7.22. The van der Waals surface area contributed by atoms with Crippen molar-refractivity contribution in [1.29, 1.82) is 0 Å². The minimum atomic E-state index is 0.198. The molecule has 0 aliphatic rings. The van der Waals surface area contributed by atoms with Crippen LogP contribution < -0.4 is 5.73 Å². The highest BCUT2D eigenvalue weighted by atomic mass is 79.9. The third-order valence-corrected chi connectivity index (χ3v) is 4.23. The van der Waals surface area contributed by atoms with Crippen molar-refractivity contribution in [2.24, 2.45) is 11.1 Å². The van der Waals surface area contributed by atoms with Crippen LogP contribution in [0.25, 0.3) is 0 Å². The molecule has 1 rings (SSSR count). The molecule has 0 aromatic carbocycles. The normalized spacial score (nSPS) is 12.4. The first-order valence-corrected chi connectivity index (χ1v) is 7.29. The second-order valence-electron chi connectivity index (χ2n) is 4.93. The van der Waals surface area contributed by atoms with E-state index in [9.17, 15) is 0 Å². The van der Waals surface area contributed by atoms with Crippen molar-refractivity contribution in [1.82, 2.24) is 4.90 Å². The Morgan fingerprint density at radius 1 is 1.50 bits per heavy atom. The van der Waals surface area contributed by atoms with E-state index in [-0.39, 0.29) is 5.41 Å². The Hall–Kier alpha value is 0.1000. The molecule has 0 unspecified atom stereocenters. The van der Waals surface area contributed by atoms with Crippen molar-refractivity contribution < 1.29 is 0 Å². The van der Waals surface area contributed by atoms with Crippen LogP contribution >= 0.6 is 27.3 Å². The largest absolute Gasteiger partial charge is 0.330 e. The van der Waals surface area contributed by atoms with Crippen LogP contribution in [-0.2, 0) is 6.54 Å². The molecule has 0 saturated carbocycles. The van der Waals surface area contributed by atoms with E-state index < -0.39 is 0 Å². The summed E-state index contributed by atoms with van der Waals surface area (Å²) in [5.74, 6) is 0. The fraction of sp³-hybridized carbons (Fsp3) is 0.667. The highest BCUT2D eigenvalue weighted by Crippen LogP contribution is 2.23. The van der Waals surface area contributed by atoms with Crippen LogP contribution in [0.2, 0.25) is 0 Å². The van der Waals surface area contributed by atoms with Gasteiger partial charge in [-0.3, -0.25) is 4.90 Å². The Bertz CT molecular complexity index is 323. The van der Waals surface area contributed by atoms with Crippen molar-refractivity contribution in [2.75, 3.05) is 19.6 Å². The van der Waals surface area contributed by atoms with Crippen molar-refractivity contribution >= 4 is 27.3 Å². The smallest absolute Gasteiger partial charge is 0.0701 e. The number of thiophene rings is 1. The van der Waals surface area contributed by atoms with Gasteiger partial charge in [0, 0.05) is 13.1 Å². The van der Waals surface area contributed by atoms with Crippen LogP contribution in [0.3, 0.4) is 0 Å². The van der Waals surface area contributed by atoms with Crippen LogP contribution in [0.15, 0.2) is 15.2 Å². The first-order chi connectivity index (χ1) is 7.46. The van der Waals surface area contributed by atoms with Gasteiger partial charge in [-0.15, -0.1) is 11.3 Å². The first-order valence-electron chi connectivity index (χ1n) is 5.62. The van der Waals surface area contributed by atoms with Crippen LogP contribution in [-0.4, -0.2) is 24.5 Å². The molecule has 0 radical (unpaired) electrons. The zero-order valence-corrected chi connectivity index (χ0v) is 12.7. The Morgan fingerprint density at radius 2 is 2.19 bits per heavy atom. The van der Waals surface area contributed by atoms with Gasteiger partial charge in [-0.05, 0) is 51.4 Å². The lowest BCUT2D eigenvalue weighted by Gasteiger charge is -2.30. The molecule has 2 N–H and O–H groups in total. The number of nitrogens with zero attached hydrogens (tertiary/aromatic N) is 1. The number of rotatable bonds is 6. The van der Waals surface area contributed by atoms with Gasteiger partial charge >= 0.3 is 0 Å². The molecule has 0 spiro atoms. The fourth-order valence-corrected chi connectivity index (χ4v) is 2.84. The van der Waals surface area contributed by atoms with E-state index in [0.717, 1.165) is 26.2 Å². The van der Waals surface area contributed by atoms with Gasteiger partial charge in [0.15, 0.2) is 0 Å². The van der Waals surface area contributed by atoms with Crippen LogP contribution in [0.1, 0.15) is 26.3 Å². The summed E-state index contributed by atoms with van der Waals surface area (Å²) in [7, 11) is 0. The molecule has 1 aromatic rings. The van der Waals surface area contributed by atoms with Gasteiger partial charge in [0.25, 0.3) is 0 Å². The predicted octanol–water partition coefficient (Wildman–Crippen LogP) is 3.32. The van der Waals surface area contributed by atoms with Gasteiger partial charge < -0.3 is 5.73 Å². The maximum absolute atomic E-state index is 5.77. The molecule has 1 heterocycles. The lowest BCUT2D eigenvalue weighted by atomic mass is 9.93. The fourth-order valence-electron chi connectivity index (χ4n) is 1.64. The zero-order chi connectivity index (χ0) is 12.2. The minimum absolute atomic E-state index is 0.198. The van der Waals surface area contributed by atoms with Gasteiger partial charge in [-0.2, -0.15) is 0 Å². The zero-order valence-electron chi connectivity index (χ0n) is 10.3. The molecule has 0 aliphatic heterocycles. The average molecular weight is 305 g/mol. The van der Waals surface area contributed by atoms with Gasteiger partial charge in [-0.1, -0.05) is 20.8 Å². The lowest BCUT2D eigenvalue weighted by molar-refractivity contribution is 0.183. The molecular weight excluding hydrogens is 284 g/mol. The Balaban J connectivity index is 2.55. The van der Waals surface area contributed by atoms with E-state index in [2.05, 4.69) is 53.0 Å². The van der Waals surface area contributed by atoms with Gasteiger partial charge in [-0.25, -0.2) is 0 Å². The van der Waals surface area contributed by atoms with Crippen LogP contribution in [0, 0.1) is 5.41 Å². The van der Waals surface area contributed by atoms with E-state index in [1.54, 1.807) is 11.3 Å². The molecule has 1 aromatic heterocycles. The summed E-state index contributed by atoms with van der Waals surface area (Å²) >= 11 is 5.24. The highest BCUT2D eigenvalue weighted by Gasteiger charge is 2.19. The third-order valence-electron chi connectivity index (χ3n) is 2.68. The molecule has 92 valence electrons. The number of hydrogen-bond donors (Lipinski definition) is 1. The van der Waals surface area contributed by atoms with Gasteiger partial charge in [0.05, 0.1) is 3.79 Å². The Kier molecular flexibility index (Phi) is 5.44. The topological polar surface area (TPSA) is 29.3 Å². The molecule has 0 bridgehead atoms. The number of nitrogens with two attached hydrogens (primary N) is 1. The molecule has 2 nitrogen and oxygen atoms in total. The summed E-state index contributed by atoms with van der Waals surface area (Å²) in [4.78, 5) is 2.45. The van der Waals surface area contributed by atoms with Gasteiger partial charge in [0.2, 0.25) is 0 Å². The van der Waals surface area contributed by atoms with Crippen molar-refractivity contribution in [2.45, 2.75) is 27.3 Å². The quantitative estimate of drug-likeness (QED) is 0.873. The highest BCUT2D eigenvalue weighted by molar-refractivity contribution is 9.11. The summed E-state index contributed by atoms with van der Waals surface area (Å²) in [6, 6.07) is 2.20. The summed E-state index contributed by atoms with van der Waals surface area (Å²) in [5, 5.41) is 2.21. The second kappa shape index (κ2) is 6.15. The molecule has 16 heavy (non-hydrogen) atoms. The van der Waals surface area contributed by atoms with Crippen molar-refractivity contribution in [3.8, 4) is 0 Å². The molecular formula is C12H21BrN2S. The number of hydrogen-bond acceptors (Lipinski definition) is 3. The van der Waals surface area contributed by atoms with Crippen molar-refractivity contribution in [3.63, 3.8) is 0 Å². The van der Waals surface area contributed by atoms with Gasteiger partial charge in [0.1, 0.15) is 0 Å². The minimum Gasteiger partial charge on any atom is -0.330 e. The van der Waals surface area contributed by atoms with E-state index in [1.165, 1.54) is 9.35 Å². The molecule has 0 amide bonds. The van der Waals surface area contributed by atoms with Crippen LogP contribution in [0.5, 0.6) is 0 Å².